The fourth-order valence-electron chi connectivity index (χ4n) is 6.64. The number of halogens is 1. The number of rotatable bonds is 2. The first-order valence-electron chi connectivity index (χ1n) is 12.3. The molecule has 0 unspecified atom stereocenters. The summed E-state index contributed by atoms with van der Waals surface area (Å²) < 4.78 is 7.35. The quantitative estimate of drug-likeness (QED) is 0.272. The lowest BCUT2D eigenvalue weighted by Crippen LogP contribution is -2.51. The number of benzene rings is 4. The summed E-state index contributed by atoms with van der Waals surface area (Å²) in [6, 6.07) is 29.3. The highest BCUT2D eigenvalue weighted by Gasteiger charge is 2.79. The SMILES string of the molecule is O=C1c2ccccc2C(=O)C12O[C@H](c1ccccc1)C1(C(=O)c3ccccc3C1=O)[C@@H]2c1cccc(Br)c1. The third-order valence-corrected chi connectivity index (χ3v) is 8.62. The molecule has 7 rings (SSSR count). The van der Waals surface area contributed by atoms with Crippen molar-refractivity contribution in [2.75, 3.05) is 0 Å². The van der Waals surface area contributed by atoms with Crippen LogP contribution < -0.4 is 0 Å². The normalized spacial score (nSPS) is 22.3. The third kappa shape index (κ3) is 2.69. The van der Waals surface area contributed by atoms with E-state index in [1.54, 1.807) is 91.0 Å². The Labute approximate surface area is 226 Å². The molecule has 2 aliphatic carbocycles. The Morgan fingerprint density at radius 1 is 0.553 bits per heavy atom. The molecule has 184 valence electrons. The van der Waals surface area contributed by atoms with E-state index in [2.05, 4.69) is 15.9 Å². The number of hydrogen-bond donors (Lipinski definition) is 0. The molecule has 0 saturated carbocycles. The van der Waals surface area contributed by atoms with Gasteiger partial charge < -0.3 is 4.74 Å². The third-order valence-electron chi connectivity index (χ3n) is 8.12. The van der Waals surface area contributed by atoms with E-state index in [1.807, 2.05) is 12.1 Å². The first-order chi connectivity index (χ1) is 18.4. The molecule has 0 bridgehead atoms. The second-order valence-corrected chi connectivity index (χ2v) is 10.8. The van der Waals surface area contributed by atoms with Crippen molar-refractivity contribution in [3.8, 4) is 0 Å². The Kier molecular flexibility index (Phi) is 4.87. The Hall–Kier alpha value is -4.00. The molecule has 0 radical (unpaired) electrons. The minimum Gasteiger partial charge on any atom is -0.348 e. The number of ketones is 4. The topological polar surface area (TPSA) is 77.5 Å². The van der Waals surface area contributed by atoms with Crippen LogP contribution in [0.2, 0.25) is 0 Å². The van der Waals surface area contributed by atoms with Crippen molar-refractivity contribution in [1.29, 1.82) is 0 Å². The lowest BCUT2D eigenvalue weighted by Gasteiger charge is -2.34. The van der Waals surface area contributed by atoms with Crippen LogP contribution in [-0.2, 0) is 4.74 Å². The molecule has 3 aliphatic rings. The van der Waals surface area contributed by atoms with Gasteiger partial charge in [0.2, 0.25) is 17.2 Å². The summed E-state index contributed by atoms with van der Waals surface area (Å²) in [7, 11) is 0. The molecule has 2 atom stereocenters. The monoisotopic (exact) mass is 562 g/mol. The van der Waals surface area contributed by atoms with Gasteiger partial charge in [0.1, 0.15) is 11.5 Å². The van der Waals surface area contributed by atoms with E-state index >= 15 is 0 Å². The molecule has 1 aliphatic heterocycles. The maximum absolute atomic E-state index is 14.6. The van der Waals surface area contributed by atoms with Crippen LogP contribution in [-0.4, -0.2) is 28.7 Å². The summed E-state index contributed by atoms with van der Waals surface area (Å²) in [5.41, 5.74) is -1.88. The summed E-state index contributed by atoms with van der Waals surface area (Å²) in [5.74, 6) is -3.14. The summed E-state index contributed by atoms with van der Waals surface area (Å²) in [4.78, 5) is 57.8. The van der Waals surface area contributed by atoms with Gasteiger partial charge in [0.25, 0.3) is 0 Å². The largest absolute Gasteiger partial charge is 0.348 e. The predicted molar refractivity (Wildman–Crippen MR) is 143 cm³/mol. The fourth-order valence-corrected chi connectivity index (χ4v) is 7.06. The molecule has 0 aromatic heterocycles. The van der Waals surface area contributed by atoms with Crippen LogP contribution in [0, 0.1) is 5.41 Å². The zero-order chi connectivity index (χ0) is 26.2. The van der Waals surface area contributed by atoms with E-state index in [4.69, 9.17) is 4.74 Å². The number of Topliss-reactive ketones (excluding diaryl/α,β-unsaturated/α-hetero) is 4. The van der Waals surface area contributed by atoms with Crippen LogP contribution >= 0.6 is 15.9 Å². The van der Waals surface area contributed by atoms with Crippen molar-refractivity contribution >= 4 is 39.1 Å². The zero-order valence-corrected chi connectivity index (χ0v) is 21.5. The van der Waals surface area contributed by atoms with Crippen LogP contribution in [0.15, 0.2) is 108 Å². The minimum absolute atomic E-state index is 0.233. The summed E-state index contributed by atoms with van der Waals surface area (Å²) in [6.07, 6.45) is -1.16. The van der Waals surface area contributed by atoms with Crippen LogP contribution in [0.4, 0.5) is 0 Å². The van der Waals surface area contributed by atoms with Crippen molar-refractivity contribution in [3.63, 3.8) is 0 Å². The van der Waals surface area contributed by atoms with Gasteiger partial charge in [-0.3, -0.25) is 19.2 Å². The Bertz CT molecular complexity index is 1640. The fraction of sp³-hybridized carbons (Fsp3) is 0.125. The van der Waals surface area contributed by atoms with Crippen LogP contribution in [0.1, 0.15) is 64.6 Å². The molecule has 6 heteroatoms. The highest BCUT2D eigenvalue weighted by Crippen LogP contribution is 2.67. The van der Waals surface area contributed by atoms with Gasteiger partial charge in [0, 0.05) is 26.7 Å². The Balaban J connectivity index is 1.60. The highest BCUT2D eigenvalue weighted by molar-refractivity contribution is 9.10. The van der Waals surface area contributed by atoms with E-state index in [0.717, 1.165) is 0 Å². The first-order valence-corrected chi connectivity index (χ1v) is 13.1. The highest BCUT2D eigenvalue weighted by atomic mass is 79.9. The first kappa shape index (κ1) is 23.1. The lowest BCUT2D eigenvalue weighted by atomic mass is 9.60. The van der Waals surface area contributed by atoms with Crippen molar-refractivity contribution in [2.45, 2.75) is 17.6 Å². The van der Waals surface area contributed by atoms with Crippen molar-refractivity contribution in [1.82, 2.24) is 0 Å². The molecule has 38 heavy (non-hydrogen) atoms. The lowest BCUT2D eigenvalue weighted by molar-refractivity contribution is -0.0210. The number of fused-ring (bicyclic) bond motifs is 2. The van der Waals surface area contributed by atoms with Crippen molar-refractivity contribution in [2.24, 2.45) is 5.41 Å². The summed E-state index contributed by atoms with van der Waals surface area (Å²) >= 11 is 3.50. The molecule has 0 N–H and O–H groups in total. The van der Waals surface area contributed by atoms with Gasteiger partial charge in [-0.05, 0) is 23.3 Å². The number of carbonyl (C=O) groups is 4. The number of hydrogen-bond acceptors (Lipinski definition) is 5. The standard InChI is InChI=1S/C32H19BrO5/c33-20-12-8-11-19(17-20)25-31(26(34)21-13-4-5-14-22(21)27(31)35)30(18-9-2-1-3-10-18)38-32(25)28(36)23-15-6-7-16-24(23)29(32)37/h1-17,25,30H/t25-,30+/m0/s1. The van der Waals surface area contributed by atoms with Crippen molar-refractivity contribution in [3.05, 3.63) is 141 Å². The Morgan fingerprint density at radius 3 is 1.55 bits per heavy atom. The van der Waals surface area contributed by atoms with Crippen LogP contribution in [0.3, 0.4) is 0 Å². The van der Waals surface area contributed by atoms with Gasteiger partial charge in [-0.15, -0.1) is 0 Å². The second-order valence-electron chi connectivity index (χ2n) is 9.91. The maximum atomic E-state index is 14.6. The van der Waals surface area contributed by atoms with Gasteiger partial charge in [0.05, 0.1) is 5.92 Å². The average Bonchev–Trinajstić information content (AvgIpc) is 3.48. The van der Waals surface area contributed by atoms with E-state index in [0.29, 0.717) is 15.6 Å². The van der Waals surface area contributed by atoms with E-state index in [-0.39, 0.29) is 22.3 Å². The average molecular weight is 563 g/mol. The molecule has 0 amide bonds. The van der Waals surface area contributed by atoms with Gasteiger partial charge in [-0.1, -0.05) is 107 Å². The molecule has 5 nitrogen and oxygen atoms in total. The Morgan fingerprint density at radius 2 is 1.03 bits per heavy atom. The minimum atomic E-state index is -2.08. The number of carbonyl (C=O) groups excluding carboxylic acids is 4. The van der Waals surface area contributed by atoms with Gasteiger partial charge >= 0.3 is 0 Å². The van der Waals surface area contributed by atoms with E-state index in [1.165, 1.54) is 0 Å². The molecule has 4 aromatic rings. The molecular weight excluding hydrogens is 544 g/mol. The zero-order valence-electron chi connectivity index (χ0n) is 19.9. The second kappa shape index (κ2) is 8.00. The summed E-state index contributed by atoms with van der Waals surface area (Å²) in [5, 5.41) is 0. The molecule has 1 saturated heterocycles. The van der Waals surface area contributed by atoms with Gasteiger partial charge in [-0.25, -0.2) is 0 Å². The molecule has 1 fully saturated rings. The summed E-state index contributed by atoms with van der Waals surface area (Å²) in [6.45, 7) is 0. The molecule has 1 heterocycles. The maximum Gasteiger partial charge on any atom is 0.204 e. The van der Waals surface area contributed by atoms with Crippen LogP contribution in [0.5, 0.6) is 0 Å². The van der Waals surface area contributed by atoms with E-state index in [9.17, 15) is 19.2 Å². The predicted octanol–water partition coefficient (Wildman–Crippen LogP) is 6.19. The molecule has 2 spiro atoms. The molecule has 4 aromatic carbocycles. The van der Waals surface area contributed by atoms with Gasteiger partial charge in [0.15, 0.2) is 11.6 Å². The van der Waals surface area contributed by atoms with Crippen LogP contribution in [0.25, 0.3) is 0 Å². The van der Waals surface area contributed by atoms with Crippen molar-refractivity contribution < 1.29 is 23.9 Å². The van der Waals surface area contributed by atoms with Gasteiger partial charge in [-0.2, -0.15) is 0 Å². The smallest absolute Gasteiger partial charge is 0.204 e. The molecular formula is C32H19BrO5. The van der Waals surface area contributed by atoms with E-state index < -0.39 is 46.2 Å². The number of ether oxygens (including phenoxy) is 1.